The minimum Gasteiger partial charge on any atom is -0.355 e. The molecule has 0 spiro atoms. The lowest BCUT2D eigenvalue weighted by Crippen LogP contribution is -1.99. The Bertz CT molecular complexity index is 737. The number of H-pyrrole nitrogens is 1. The standard InChI is InChI=1S/C15H13ClINO/c1-9(8-19-17)10-2-4-12-13-7-11(16)3-5-14(13)18-15(12)6-10/h2-7,9,18H,8H2,1H3. The summed E-state index contributed by atoms with van der Waals surface area (Å²) in [4.78, 5) is 3.44. The van der Waals surface area contributed by atoms with Crippen molar-refractivity contribution in [1.29, 1.82) is 0 Å². The van der Waals surface area contributed by atoms with E-state index in [2.05, 4.69) is 30.1 Å². The predicted octanol–water partition coefficient (Wildman–Crippen LogP) is 5.44. The van der Waals surface area contributed by atoms with Gasteiger partial charge in [-0.1, -0.05) is 30.7 Å². The molecule has 1 atom stereocenters. The number of nitrogens with one attached hydrogen (secondary N) is 1. The molecular weight excluding hydrogens is 373 g/mol. The van der Waals surface area contributed by atoms with E-state index in [4.69, 9.17) is 14.7 Å². The molecule has 0 radical (unpaired) electrons. The maximum atomic E-state index is 6.07. The van der Waals surface area contributed by atoms with Gasteiger partial charge in [0.15, 0.2) is 0 Å². The van der Waals surface area contributed by atoms with Crippen LogP contribution in [0.5, 0.6) is 0 Å². The average molecular weight is 386 g/mol. The fourth-order valence-electron chi connectivity index (χ4n) is 2.39. The number of fused-ring (bicyclic) bond motifs is 3. The van der Waals surface area contributed by atoms with E-state index in [9.17, 15) is 0 Å². The van der Waals surface area contributed by atoms with Crippen molar-refractivity contribution in [2.24, 2.45) is 0 Å². The van der Waals surface area contributed by atoms with Gasteiger partial charge in [-0.15, -0.1) is 0 Å². The highest BCUT2D eigenvalue weighted by Crippen LogP contribution is 2.30. The lowest BCUT2D eigenvalue weighted by atomic mass is 10.0. The lowest BCUT2D eigenvalue weighted by Gasteiger charge is -2.09. The van der Waals surface area contributed by atoms with Gasteiger partial charge in [-0.2, -0.15) is 0 Å². The molecule has 1 heterocycles. The molecule has 1 N–H and O–H groups in total. The smallest absolute Gasteiger partial charge is 0.109 e. The number of rotatable bonds is 3. The highest BCUT2D eigenvalue weighted by molar-refractivity contribution is 14.1. The van der Waals surface area contributed by atoms with Gasteiger partial charge in [0, 0.05) is 32.7 Å². The van der Waals surface area contributed by atoms with Crippen LogP contribution in [0.25, 0.3) is 21.8 Å². The van der Waals surface area contributed by atoms with Gasteiger partial charge in [0.2, 0.25) is 0 Å². The summed E-state index contributed by atoms with van der Waals surface area (Å²) in [5.41, 5.74) is 3.55. The second-order valence-corrected chi connectivity index (χ2v) is 5.86. The van der Waals surface area contributed by atoms with Crippen molar-refractivity contribution in [3.63, 3.8) is 0 Å². The highest BCUT2D eigenvalue weighted by Gasteiger charge is 2.09. The Hall–Kier alpha value is -0.780. The highest BCUT2D eigenvalue weighted by atomic mass is 127. The molecular formula is C15H13ClINO. The normalized spacial score (nSPS) is 13.2. The zero-order chi connectivity index (χ0) is 13.4. The van der Waals surface area contributed by atoms with Gasteiger partial charge < -0.3 is 8.05 Å². The number of hydrogen-bond acceptors (Lipinski definition) is 1. The predicted molar refractivity (Wildman–Crippen MR) is 89.2 cm³/mol. The monoisotopic (exact) mass is 385 g/mol. The van der Waals surface area contributed by atoms with Crippen molar-refractivity contribution in [2.75, 3.05) is 6.61 Å². The second kappa shape index (κ2) is 5.31. The molecule has 0 saturated carbocycles. The van der Waals surface area contributed by atoms with Crippen LogP contribution in [0.4, 0.5) is 0 Å². The summed E-state index contributed by atoms with van der Waals surface area (Å²) < 4.78 is 5.19. The third-order valence-corrected chi connectivity index (χ3v) is 4.06. The molecule has 0 saturated heterocycles. The molecule has 1 aromatic heterocycles. The van der Waals surface area contributed by atoms with E-state index >= 15 is 0 Å². The molecule has 3 rings (SSSR count). The molecule has 2 nitrogen and oxygen atoms in total. The van der Waals surface area contributed by atoms with Gasteiger partial charge in [-0.25, -0.2) is 0 Å². The fraction of sp³-hybridized carbons (Fsp3) is 0.200. The zero-order valence-corrected chi connectivity index (χ0v) is 13.3. The molecule has 4 heteroatoms. The number of aromatic amines is 1. The first-order valence-electron chi connectivity index (χ1n) is 6.13. The molecule has 0 aliphatic carbocycles. The van der Waals surface area contributed by atoms with Gasteiger partial charge >= 0.3 is 0 Å². The van der Waals surface area contributed by atoms with Crippen LogP contribution < -0.4 is 0 Å². The third-order valence-electron chi connectivity index (χ3n) is 3.47. The minimum atomic E-state index is 0.385. The van der Waals surface area contributed by atoms with E-state index in [0.29, 0.717) is 5.92 Å². The van der Waals surface area contributed by atoms with E-state index in [1.54, 1.807) is 0 Å². The topological polar surface area (TPSA) is 25.0 Å². The molecule has 0 aliphatic heterocycles. The molecule has 3 aromatic rings. The Labute approximate surface area is 130 Å². The van der Waals surface area contributed by atoms with E-state index in [1.165, 1.54) is 16.3 Å². The second-order valence-electron chi connectivity index (χ2n) is 4.80. The molecule has 0 bridgehead atoms. The first-order valence-corrected chi connectivity index (χ1v) is 7.39. The van der Waals surface area contributed by atoms with Crippen LogP contribution in [-0.2, 0) is 3.07 Å². The average Bonchev–Trinajstić information content (AvgIpc) is 2.76. The summed E-state index contributed by atoms with van der Waals surface area (Å²) in [6.07, 6.45) is 0. The first kappa shape index (κ1) is 13.2. The van der Waals surface area contributed by atoms with Crippen molar-refractivity contribution in [3.05, 3.63) is 47.0 Å². The van der Waals surface area contributed by atoms with Crippen LogP contribution >= 0.6 is 34.6 Å². The lowest BCUT2D eigenvalue weighted by molar-refractivity contribution is 0.392. The molecule has 0 amide bonds. The van der Waals surface area contributed by atoms with E-state index < -0.39 is 0 Å². The molecule has 0 fully saturated rings. The van der Waals surface area contributed by atoms with Gasteiger partial charge in [0.25, 0.3) is 0 Å². The number of halogens is 2. The van der Waals surface area contributed by atoms with Crippen LogP contribution in [-0.4, -0.2) is 11.6 Å². The largest absolute Gasteiger partial charge is 0.355 e. The first-order chi connectivity index (χ1) is 9.19. The van der Waals surface area contributed by atoms with Crippen LogP contribution in [0, 0.1) is 0 Å². The molecule has 0 aliphatic rings. The molecule has 98 valence electrons. The Balaban J connectivity index is 2.16. The summed E-state index contributed by atoms with van der Waals surface area (Å²) in [5, 5.41) is 3.15. The maximum absolute atomic E-state index is 6.07. The maximum Gasteiger partial charge on any atom is 0.109 e. The Kier molecular flexibility index (Phi) is 3.69. The van der Waals surface area contributed by atoms with Crippen LogP contribution in [0.2, 0.25) is 5.02 Å². The number of hydrogen-bond donors (Lipinski definition) is 1. The fourth-order valence-corrected chi connectivity index (χ4v) is 3.10. The summed E-state index contributed by atoms with van der Waals surface area (Å²) in [6.45, 7) is 2.89. The SMILES string of the molecule is CC(COI)c1ccc2c(c1)[nH]c1ccc(Cl)cc12. The quantitative estimate of drug-likeness (QED) is 0.596. The van der Waals surface area contributed by atoms with Crippen molar-refractivity contribution in [1.82, 2.24) is 4.98 Å². The summed E-state index contributed by atoms with van der Waals surface area (Å²) in [7, 11) is 0. The van der Waals surface area contributed by atoms with E-state index in [1.807, 2.05) is 41.2 Å². The third kappa shape index (κ3) is 2.47. The van der Waals surface area contributed by atoms with Crippen molar-refractivity contribution in [3.8, 4) is 0 Å². The number of aromatic nitrogens is 1. The molecule has 1 unspecified atom stereocenters. The van der Waals surface area contributed by atoms with Gasteiger partial charge in [-0.3, -0.25) is 0 Å². The van der Waals surface area contributed by atoms with Crippen LogP contribution in [0.1, 0.15) is 18.4 Å². The molecule has 2 aromatic carbocycles. The zero-order valence-electron chi connectivity index (χ0n) is 10.4. The van der Waals surface area contributed by atoms with E-state index in [-0.39, 0.29) is 0 Å². The van der Waals surface area contributed by atoms with Gasteiger partial charge in [0.1, 0.15) is 23.0 Å². The number of benzene rings is 2. The van der Waals surface area contributed by atoms with E-state index in [0.717, 1.165) is 22.7 Å². The summed E-state index contributed by atoms with van der Waals surface area (Å²) >= 11 is 8.01. The Morgan fingerprint density at radius 3 is 2.79 bits per heavy atom. The summed E-state index contributed by atoms with van der Waals surface area (Å²) in [5.74, 6) is 0.385. The van der Waals surface area contributed by atoms with Crippen molar-refractivity contribution in [2.45, 2.75) is 12.8 Å². The minimum absolute atomic E-state index is 0.385. The van der Waals surface area contributed by atoms with Gasteiger partial charge in [-0.05, 0) is 29.8 Å². The van der Waals surface area contributed by atoms with Crippen molar-refractivity contribution < 1.29 is 3.07 Å². The van der Waals surface area contributed by atoms with Gasteiger partial charge in [0.05, 0.1) is 6.61 Å². The Morgan fingerprint density at radius 1 is 1.16 bits per heavy atom. The van der Waals surface area contributed by atoms with Crippen molar-refractivity contribution >= 4 is 56.4 Å². The molecule has 19 heavy (non-hydrogen) atoms. The van der Waals surface area contributed by atoms with Crippen LogP contribution in [0.15, 0.2) is 36.4 Å². The Morgan fingerprint density at radius 2 is 2.00 bits per heavy atom. The van der Waals surface area contributed by atoms with Crippen LogP contribution in [0.3, 0.4) is 0 Å². The summed E-state index contributed by atoms with van der Waals surface area (Å²) in [6, 6.07) is 12.5.